The molecule has 5 heteroatoms. The number of carbonyl (C=O) groups is 1. The second-order valence-electron chi connectivity index (χ2n) is 4.80. The molecule has 1 N–H and O–H groups in total. The second-order valence-corrected chi connectivity index (χ2v) is 6.78. The number of halogens is 1. The second kappa shape index (κ2) is 8.71. The van der Waals surface area contributed by atoms with Gasteiger partial charge in [0.1, 0.15) is 0 Å². The van der Waals surface area contributed by atoms with Crippen molar-refractivity contribution in [3.8, 4) is 0 Å². The Balaban J connectivity index is 1.70. The predicted molar refractivity (Wildman–Crippen MR) is 90.5 cm³/mol. The van der Waals surface area contributed by atoms with Gasteiger partial charge in [-0.25, -0.2) is 0 Å². The van der Waals surface area contributed by atoms with Crippen molar-refractivity contribution in [3.05, 3.63) is 65.2 Å². The molecule has 0 saturated carbocycles. The first kappa shape index (κ1) is 16.7. The average Bonchev–Trinajstić information content (AvgIpc) is 2.55. The molecule has 0 unspecified atom stereocenters. The van der Waals surface area contributed by atoms with Crippen LogP contribution in [0.1, 0.15) is 12.0 Å². The maximum atomic E-state index is 12.0. The summed E-state index contributed by atoms with van der Waals surface area (Å²) in [5.74, 6) is 0.368. The molecule has 0 radical (unpaired) electrons. The van der Waals surface area contributed by atoms with Crippen LogP contribution in [0.2, 0.25) is 5.02 Å². The third-order valence-electron chi connectivity index (χ3n) is 3.19. The van der Waals surface area contributed by atoms with Gasteiger partial charge in [0.25, 0.3) is 0 Å². The van der Waals surface area contributed by atoms with Gasteiger partial charge in [-0.1, -0.05) is 48.0 Å². The summed E-state index contributed by atoms with van der Waals surface area (Å²) in [5.41, 5.74) is 0.965. The van der Waals surface area contributed by atoms with Gasteiger partial charge < -0.3 is 5.32 Å². The summed E-state index contributed by atoms with van der Waals surface area (Å²) < 4.78 is 12.0. The van der Waals surface area contributed by atoms with E-state index in [-0.39, 0.29) is 5.91 Å². The number of carbonyl (C=O) groups excluding carboxylic acids is 1. The summed E-state index contributed by atoms with van der Waals surface area (Å²) in [6, 6.07) is 16.8. The Hall–Kier alpha value is -1.65. The van der Waals surface area contributed by atoms with Crippen molar-refractivity contribution >= 4 is 28.3 Å². The van der Waals surface area contributed by atoms with Crippen LogP contribution in [0.5, 0.6) is 0 Å². The lowest BCUT2D eigenvalue weighted by Gasteiger charge is -2.06. The fourth-order valence-corrected chi connectivity index (χ4v) is 3.23. The Kier molecular flexibility index (Phi) is 6.62. The van der Waals surface area contributed by atoms with Crippen LogP contribution >= 0.6 is 11.6 Å². The highest BCUT2D eigenvalue weighted by atomic mass is 35.5. The predicted octanol–water partition coefficient (Wildman–Crippen LogP) is 3.20. The molecular weight excluding hydrogens is 318 g/mol. The quantitative estimate of drug-likeness (QED) is 0.844. The van der Waals surface area contributed by atoms with E-state index < -0.39 is 10.8 Å². The molecule has 0 aromatic heterocycles. The minimum Gasteiger partial charge on any atom is -0.355 e. The molecule has 0 aliphatic heterocycles. The molecule has 2 aromatic carbocycles. The van der Waals surface area contributed by atoms with Gasteiger partial charge in [0, 0.05) is 28.6 Å². The fourth-order valence-electron chi connectivity index (χ4n) is 2.01. The number of nitrogens with one attached hydrogen (secondary N) is 1. The number of benzene rings is 2. The van der Waals surface area contributed by atoms with Crippen LogP contribution in [0.3, 0.4) is 0 Å². The number of amides is 1. The number of hydrogen-bond donors (Lipinski definition) is 1. The minimum absolute atomic E-state index is 0.0509. The van der Waals surface area contributed by atoms with Gasteiger partial charge >= 0.3 is 0 Å². The summed E-state index contributed by atoms with van der Waals surface area (Å²) in [7, 11) is -1.08. The zero-order valence-corrected chi connectivity index (χ0v) is 13.7. The summed E-state index contributed by atoms with van der Waals surface area (Å²) in [6.45, 7) is 0.406. The van der Waals surface area contributed by atoms with Gasteiger partial charge in [-0.05, 0) is 30.2 Å². The smallest absolute Gasteiger partial charge is 0.220 e. The van der Waals surface area contributed by atoms with Gasteiger partial charge in [0.15, 0.2) is 0 Å². The fraction of sp³-hybridized carbons (Fsp3) is 0.235. The molecule has 0 fully saturated rings. The van der Waals surface area contributed by atoms with E-state index in [0.29, 0.717) is 30.2 Å². The van der Waals surface area contributed by atoms with E-state index in [1.54, 1.807) is 0 Å². The summed E-state index contributed by atoms with van der Waals surface area (Å²) in [5, 5.41) is 3.48. The van der Waals surface area contributed by atoms with Gasteiger partial charge in [0.2, 0.25) is 5.91 Å². The molecule has 116 valence electrons. The van der Waals surface area contributed by atoms with Crippen molar-refractivity contribution in [1.29, 1.82) is 0 Å². The lowest BCUT2D eigenvalue weighted by Crippen LogP contribution is -2.27. The van der Waals surface area contributed by atoms with Gasteiger partial charge in [-0.2, -0.15) is 0 Å². The normalized spacial score (nSPS) is 11.9. The molecule has 2 rings (SSSR count). The zero-order valence-electron chi connectivity index (χ0n) is 12.1. The van der Waals surface area contributed by atoms with Crippen LogP contribution in [-0.4, -0.2) is 22.4 Å². The Morgan fingerprint density at radius 3 is 2.45 bits per heavy atom. The van der Waals surface area contributed by atoms with Crippen molar-refractivity contribution < 1.29 is 9.00 Å². The monoisotopic (exact) mass is 335 g/mol. The van der Waals surface area contributed by atoms with E-state index >= 15 is 0 Å². The number of aryl methyl sites for hydroxylation is 1. The Labute approximate surface area is 138 Å². The van der Waals surface area contributed by atoms with Crippen molar-refractivity contribution in [1.82, 2.24) is 5.32 Å². The standard InChI is InChI=1S/C17H18ClNO2S/c18-16-9-5-4-6-14(16)10-11-17(20)19-12-13-22(21)15-7-2-1-3-8-15/h1-9H,10-13H2,(H,19,20)/t22-/m0/s1. The van der Waals surface area contributed by atoms with E-state index in [2.05, 4.69) is 5.32 Å². The molecule has 1 atom stereocenters. The Morgan fingerprint density at radius 1 is 1.05 bits per heavy atom. The molecule has 0 heterocycles. The van der Waals surface area contributed by atoms with E-state index in [1.165, 1.54) is 0 Å². The van der Waals surface area contributed by atoms with Crippen LogP contribution < -0.4 is 5.32 Å². The van der Waals surface area contributed by atoms with E-state index in [0.717, 1.165) is 10.5 Å². The topological polar surface area (TPSA) is 46.2 Å². The Morgan fingerprint density at radius 2 is 1.73 bits per heavy atom. The number of rotatable bonds is 7. The molecular formula is C17H18ClNO2S. The zero-order chi connectivity index (χ0) is 15.8. The molecule has 0 saturated heterocycles. The average molecular weight is 336 g/mol. The molecule has 0 bridgehead atoms. The van der Waals surface area contributed by atoms with Gasteiger partial charge in [-0.3, -0.25) is 9.00 Å². The summed E-state index contributed by atoms with van der Waals surface area (Å²) >= 11 is 6.05. The number of hydrogen-bond acceptors (Lipinski definition) is 2. The molecule has 3 nitrogen and oxygen atoms in total. The van der Waals surface area contributed by atoms with Crippen LogP contribution in [0, 0.1) is 0 Å². The maximum absolute atomic E-state index is 12.0. The highest BCUT2D eigenvalue weighted by molar-refractivity contribution is 7.85. The van der Waals surface area contributed by atoms with E-state index in [9.17, 15) is 9.00 Å². The van der Waals surface area contributed by atoms with Gasteiger partial charge in [-0.15, -0.1) is 0 Å². The largest absolute Gasteiger partial charge is 0.355 e. The molecule has 0 aliphatic carbocycles. The molecule has 0 spiro atoms. The first-order valence-electron chi connectivity index (χ1n) is 7.10. The van der Waals surface area contributed by atoms with Crippen molar-refractivity contribution in [3.63, 3.8) is 0 Å². The highest BCUT2D eigenvalue weighted by Gasteiger charge is 2.06. The van der Waals surface area contributed by atoms with Gasteiger partial charge in [0.05, 0.1) is 10.8 Å². The van der Waals surface area contributed by atoms with Crippen LogP contribution in [0.25, 0.3) is 0 Å². The summed E-state index contributed by atoms with van der Waals surface area (Å²) in [4.78, 5) is 12.6. The molecule has 2 aromatic rings. The van der Waals surface area contributed by atoms with Crippen molar-refractivity contribution in [2.45, 2.75) is 17.7 Å². The van der Waals surface area contributed by atoms with E-state index in [4.69, 9.17) is 11.6 Å². The first-order valence-corrected chi connectivity index (χ1v) is 8.80. The minimum atomic E-state index is -1.08. The Bertz CT molecular complexity index is 646. The molecule has 0 aliphatic rings. The van der Waals surface area contributed by atoms with Crippen molar-refractivity contribution in [2.24, 2.45) is 0 Å². The van der Waals surface area contributed by atoms with Crippen LogP contribution in [0.15, 0.2) is 59.5 Å². The highest BCUT2D eigenvalue weighted by Crippen LogP contribution is 2.16. The van der Waals surface area contributed by atoms with Crippen LogP contribution in [-0.2, 0) is 22.0 Å². The third-order valence-corrected chi connectivity index (χ3v) is 4.94. The van der Waals surface area contributed by atoms with Crippen molar-refractivity contribution in [2.75, 3.05) is 12.3 Å². The summed E-state index contributed by atoms with van der Waals surface area (Å²) in [6.07, 6.45) is 0.981. The molecule has 22 heavy (non-hydrogen) atoms. The lowest BCUT2D eigenvalue weighted by molar-refractivity contribution is -0.120. The molecule has 1 amide bonds. The SMILES string of the molecule is O=C(CCc1ccccc1Cl)NCC[S@](=O)c1ccccc1. The first-order chi connectivity index (χ1) is 10.7. The van der Waals surface area contributed by atoms with E-state index in [1.807, 2.05) is 54.6 Å². The maximum Gasteiger partial charge on any atom is 0.220 e. The lowest BCUT2D eigenvalue weighted by atomic mass is 10.1. The van der Waals surface area contributed by atoms with Crippen LogP contribution in [0.4, 0.5) is 0 Å². The third kappa shape index (κ3) is 5.28.